The van der Waals surface area contributed by atoms with Crippen molar-refractivity contribution in [3.05, 3.63) is 35.6 Å². The van der Waals surface area contributed by atoms with E-state index in [9.17, 15) is 9.18 Å². The van der Waals surface area contributed by atoms with E-state index in [0.29, 0.717) is 12.0 Å². The highest BCUT2D eigenvalue weighted by Gasteiger charge is 2.34. The standard InChI is InChI=1S/C16H22FNO2/c1-10(2)15(16(19)20-3)18-14-8-12(9-14)11-4-6-13(17)7-5-11/h4-7,10,12,14-15,18H,8-9H2,1-3H3/t12?,14?,15-/m0/s1. The van der Waals surface area contributed by atoms with Crippen LogP contribution in [0.25, 0.3) is 0 Å². The molecule has 0 unspecified atom stereocenters. The van der Waals surface area contributed by atoms with E-state index < -0.39 is 0 Å². The first kappa shape index (κ1) is 15.0. The lowest BCUT2D eigenvalue weighted by Gasteiger charge is -2.39. The third kappa shape index (κ3) is 3.37. The lowest BCUT2D eigenvalue weighted by Crippen LogP contribution is -2.51. The minimum Gasteiger partial charge on any atom is -0.468 e. The monoisotopic (exact) mass is 279 g/mol. The normalized spacial score (nSPS) is 23.2. The Kier molecular flexibility index (Phi) is 4.76. The molecule has 1 fully saturated rings. The van der Waals surface area contributed by atoms with Crippen molar-refractivity contribution in [3.63, 3.8) is 0 Å². The van der Waals surface area contributed by atoms with Crippen LogP contribution in [0.4, 0.5) is 4.39 Å². The maximum Gasteiger partial charge on any atom is 0.323 e. The van der Waals surface area contributed by atoms with E-state index in [1.807, 2.05) is 26.0 Å². The zero-order valence-electron chi connectivity index (χ0n) is 12.2. The zero-order chi connectivity index (χ0) is 14.7. The maximum atomic E-state index is 12.9. The quantitative estimate of drug-likeness (QED) is 0.842. The molecule has 0 radical (unpaired) electrons. The van der Waals surface area contributed by atoms with Crippen LogP contribution in [0.1, 0.15) is 38.2 Å². The second-order valence-corrected chi connectivity index (χ2v) is 5.83. The van der Waals surface area contributed by atoms with Crippen molar-refractivity contribution in [2.24, 2.45) is 5.92 Å². The summed E-state index contributed by atoms with van der Waals surface area (Å²) in [5.41, 5.74) is 1.17. The van der Waals surface area contributed by atoms with Crippen molar-refractivity contribution in [1.29, 1.82) is 0 Å². The number of hydrogen-bond acceptors (Lipinski definition) is 3. The van der Waals surface area contributed by atoms with Crippen LogP contribution in [0, 0.1) is 11.7 Å². The third-order valence-corrected chi connectivity index (χ3v) is 4.02. The summed E-state index contributed by atoms with van der Waals surface area (Å²) in [4.78, 5) is 11.7. The Labute approximate surface area is 119 Å². The lowest BCUT2D eigenvalue weighted by molar-refractivity contribution is -0.144. The van der Waals surface area contributed by atoms with Gasteiger partial charge in [0.05, 0.1) is 7.11 Å². The van der Waals surface area contributed by atoms with E-state index in [4.69, 9.17) is 4.74 Å². The number of nitrogens with one attached hydrogen (secondary N) is 1. The molecule has 0 saturated heterocycles. The summed E-state index contributed by atoms with van der Waals surface area (Å²) >= 11 is 0. The van der Waals surface area contributed by atoms with Gasteiger partial charge in [0.1, 0.15) is 11.9 Å². The molecular formula is C16H22FNO2. The molecule has 0 aliphatic heterocycles. The molecule has 1 aromatic rings. The molecule has 1 aromatic carbocycles. The molecule has 0 bridgehead atoms. The fourth-order valence-electron chi connectivity index (χ4n) is 2.67. The zero-order valence-corrected chi connectivity index (χ0v) is 12.2. The number of benzene rings is 1. The number of hydrogen-bond donors (Lipinski definition) is 1. The molecule has 0 spiro atoms. The molecule has 1 aliphatic rings. The molecular weight excluding hydrogens is 257 g/mol. The molecule has 1 aliphatic carbocycles. The smallest absolute Gasteiger partial charge is 0.323 e. The van der Waals surface area contributed by atoms with E-state index in [2.05, 4.69) is 5.32 Å². The topological polar surface area (TPSA) is 38.3 Å². The Balaban J connectivity index is 1.86. The summed E-state index contributed by atoms with van der Waals surface area (Å²) in [5.74, 6) is 0.254. The van der Waals surface area contributed by atoms with Crippen molar-refractivity contribution >= 4 is 5.97 Å². The Morgan fingerprint density at radius 3 is 2.40 bits per heavy atom. The Bertz CT molecular complexity index is 452. The highest BCUT2D eigenvalue weighted by molar-refractivity contribution is 5.76. The minimum atomic E-state index is -0.251. The van der Waals surface area contributed by atoms with Gasteiger partial charge < -0.3 is 10.1 Å². The fourth-order valence-corrected chi connectivity index (χ4v) is 2.67. The Hall–Kier alpha value is -1.42. The van der Waals surface area contributed by atoms with Crippen LogP contribution in [-0.2, 0) is 9.53 Å². The number of carbonyl (C=O) groups is 1. The Morgan fingerprint density at radius 1 is 1.30 bits per heavy atom. The van der Waals surface area contributed by atoms with Crippen LogP contribution in [0.2, 0.25) is 0 Å². The van der Waals surface area contributed by atoms with E-state index >= 15 is 0 Å². The molecule has 0 amide bonds. The average Bonchev–Trinajstić information content (AvgIpc) is 2.38. The SMILES string of the molecule is COC(=O)[C@@H](NC1CC(c2ccc(F)cc2)C1)C(C)C. The summed E-state index contributed by atoms with van der Waals surface area (Å²) in [6.45, 7) is 4.01. The van der Waals surface area contributed by atoms with Crippen LogP contribution in [-0.4, -0.2) is 25.2 Å². The predicted octanol–water partition coefficient (Wildman–Crippen LogP) is 2.86. The predicted molar refractivity (Wildman–Crippen MR) is 75.9 cm³/mol. The minimum absolute atomic E-state index is 0.201. The number of methoxy groups -OCH3 is 1. The summed E-state index contributed by atoms with van der Waals surface area (Å²) in [5, 5.41) is 3.37. The molecule has 3 nitrogen and oxygen atoms in total. The second-order valence-electron chi connectivity index (χ2n) is 5.83. The largest absolute Gasteiger partial charge is 0.468 e. The third-order valence-electron chi connectivity index (χ3n) is 4.02. The first-order chi connectivity index (χ1) is 9.51. The van der Waals surface area contributed by atoms with Crippen molar-refractivity contribution in [1.82, 2.24) is 5.32 Å². The van der Waals surface area contributed by atoms with Gasteiger partial charge in [-0.2, -0.15) is 0 Å². The van der Waals surface area contributed by atoms with E-state index in [-0.39, 0.29) is 23.7 Å². The van der Waals surface area contributed by atoms with Gasteiger partial charge >= 0.3 is 5.97 Å². The molecule has 0 aromatic heterocycles. The van der Waals surface area contributed by atoms with Gasteiger partial charge in [-0.15, -0.1) is 0 Å². The van der Waals surface area contributed by atoms with Gasteiger partial charge in [0.2, 0.25) is 0 Å². The van der Waals surface area contributed by atoms with Crippen LogP contribution < -0.4 is 5.32 Å². The Morgan fingerprint density at radius 2 is 1.90 bits per heavy atom. The number of ether oxygens (including phenoxy) is 1. The number of rotatable bonds is 5. The fraction of sp³-hybridized carbons (Fsp3) is 0.562. The van der Waals surface area contributed by atoms with E-state index in [0.717, 1.165) is 12.8 Å². The molecule has 4 heteroatoms. The maximum absolute atomic E-state index is 12.9. The number of halogens is 1. The highest BCUT2D eigenvalue weighted by atomic mass is 19.1. The van der Waals surface area contributed by atoms with E-state index in [1.165, 1.54) is 24.8 Å². The van der Waals surface area contributed by atoms with Crippen molar-refractivity contribution < 1.29 is 13.9 Å². The summed E-state index contributed by atoms with van der Waals surface area (Å²) in [6.07, 6.45) is 1.96. The molecule has 1 N–H and O–H groups in total. The van der Waals surface area contributed by atoms with E-state index in [1.54, 1.807) is 0 Å². The van der Waals surface area contributed by atoms with Crippen molar-refractivity contribution in [2.75, 3.05) is 7.11 Å². The summed E-state index contributed by atoms with van der Waals surface area (Å²) < 4.78 is 17.7. The van der Waals surface area contributed by atoms with Crippen LogP contribution in [0.3, 0.4) is 0 Å². The van der Waals surface area contributed by atoms with Gasteiger partial charge in [-0.05, 0) is 42.4 Å². The molecule has 1 atom stereocenters. The van der Waals surface area contributed by atoms with Gasteiger partial charge in [-0.3, -0.25) is 4.79 Å². The molecule has 0 heterocycles. The van der Waals surface area contributed by atoms with Crippen molar-refractivity contribution in [3.8, 4) is 0 Å². The first-order valence-electron chi connectivity index (χ1n) is 7.10. The number of carbonyl (C=O) groups excluding carboxylic acids is 1. The van der Waals surface area contributed by atoms with Crippen LogP contribution in [0.5, 0.6) is 0 Å². The van der Waals surface area contributed by atoms with Gasteiger partial charge in [0, 0.05) is 6.04 Å². The highest BCUT2D eigenvalue weighted by Crippen LogP contribution is 2.37. The van der Waals surface area contributed by atoms with Gasteiger partial charge in [0.15, 0.2) is 0 Å². The average molecular weight is 279 g/mol. The van der Waals surface area contributed by atoms with Crippen LogP contribution >= 0.6 is 0 Å². The summed E-state index contributed by atoms with van der Waals surface area (Å²) in [6, 6.07) is 6.77. The van der Waals surface area contributed by atoms with Crippen molar-refractivity contribution in [2.45, 2.75) is 44.7 Å². The van der Waals surface area contributed by atoms with Gasteiger partial charge in [-0.25, -0.2) is 4.39 Å². The molecule has 1 saturated carbocycles. The lowest BCUT2D eigenvalue weighted by atomic mass is 9.75. The molecule has 110 valence electrons. The molecule has 20 heavy (non-hydrogen) atoms. The first-order valence-corrected chi connectivity index (χ1v) is 7.10. The summed E-state index contributed by atoms with van der Waals surface area (Å²) in [7, 11) is 1.42. The van der Waals surface area contributed by atoms with Gasteiger partial charge in [-0.1, -0.05) is 26.0 Å². The molecule has 2 rings (SSSR count). The van der Waals surface area contributed by atoms with Crippen LogP contribution in [0.15, 0.2) is 24.3 Å². The second kappa shape index (κ2) is 6.35. The van der Waals surface area contributed by atoms with Gasteiger partial charge in [0.25, 0.3) is 0 Å². The number of esters is 1.